The van der Waals surface area contributed by atoms with Crippen molar-refractivity contribution in [1.29, 1.82) is 0 Å². The predicted molar refractivity (Wildman–Crippen MR) is 82.5 cm³/mol. The first-order valence-electron chi connectivity index (χ1n) is 6.62. The fourth-order valence-corrected chi connectivity index (χ4v) is 2.74. The van der Waals surface area contributed by atoms with Gasteiger partial charge in [0.25, 0.3) is 0 Å². The van der Waals surface area contributed by atoms with E-state index in [1.54, 1.807) is 24.3 Å². The van der Waals surface area contributed by atoms with Gasteiger partial charge in [0.2, 0.25) is 5.91 Å². The van der Waals surface area contributed by atoms with Crippen LogP contribution in [0.1, 0.15) is 31.2 Å². The third-order valence-corrected chi connectivity index (χ3v) is 4.34. The summed E-state index contributed by atoms with van der Waals surface area (Å²) in [6.07, 6.45) is 5.43. The molecule has 0 saturated heterocycles. The van der Waals surface area contributed by atoms with Crippen LogP contribution in [-0.4, -0.2) is 22.5 Å². The molecular weight excluding hydrogens is 313 g/mol. The second-order valence-electron chi connectivity index (χ2n) is 5.09. The quantitative estimate of drug-likeness (QED) is 0.831. The molecule has 1 amide bonds. The molecule has 0 atom stereocenters. The monoisotopic (exact) mass is 327 g/mol. The van der Waals surface area contributed by atoms with Gasteiger partial charge in [-0.05, 0) is 36.6 Å². The van der Waals surface area contributed by atoms with Gasteiger partial charge in [0.15, 0.2) is 0 Å². The van der Waals surface area contributed by atoms with Gasteiger partial charge in [-0.25, -0.2) is 4.79 Å². The van der Waals surface area contributed by atoms with E-state index in [-0.39, 0.29) is 0 Å². The smallest absolute Gasteiger partial charge is 0.329 e. The highest BCUT2D eigenvalue weighted by molar-refractivity contribution is 6.42. The van der Waals surface area contributed by atoms with Crippen molar-refractivity contribution in [3.05, 3.63) is 39.9 Å². The lowest BCUT2D eigenvalue weighted by Crippen LogP contribution is -2.52. The average molecular weight is 328 g/mol. The lowest BCUT2D eigenvalue weighted by Gasteiger charge is -2.24. The Kier molecular flexibility index (Phi) is 4.91. The van der Waals surface area contributed by atoms with Crippen LogP contribution in [-0.2, 0) is 9.59 Å². The van der Waals surface area contributed by atoms with E-state index >= 15 is 0 Å². The molecule has 0 bridgehead atoms. The summed E-state index contributed by atoms with van der Waals surface area (Å²) in [5, 5.41) is 12.7. The second kappa shape index (κ2) is 6.50. The molecule has 0 aromatic heterocycles. The topological polar surface area (TPSA) is 66.4 Å². The van der Waals surface area contributed by atoms with Crippen LogP contribution in [0.25, 0.3) is 6.08 Å². The molecule has 0 radical (unpaired) electrons. The first kappa shape index (κ1) is 15.9. The lowest BCUT2D eigenvalue weighted by molar-refractivity contribution is -0.146. The molecule has 0 unspecified atom stereocenters. The second-order valence-corrected chi connectivity index (χ2v) is 5.90. The number of carboxylic acids is 1. The first-order valence-corrected chi connectivity index (χ1v) is 7.37. The molecule has 2 rings (SSSR count). The molecule has 0 heterocycles. The van der Waals surface area contributed by atoms with Gasteiger partial charge in [0.05, 0.1) is 10.0 Å². The van der Waals surface area contributed by atoms with Gasteiger partial charge in [-0.3, -0.25) is 4.79 Å². The Hall–Kier alpha value is -1.52. The largest absolute Gasteiger partial charge is 0.480 e. The Morgan fingerprint density at radius 2 is 1.86 bits per heavy atom. The third kappa shape index (κ3) is 3.77. The molecule has 0 spiro atoms. The lowest BCUT2D eigenvalue weighted by atomic mass is 9.98. The summed E-state index contributed by atoms with van der Waals surface area (Å²) in [5.74, 6) is -1.40. The third-order valence-electron chi connectivity index (χ3n) is 3.60. The molecule has 1 aromatic rings. The normalized spacial score (nSPS) is 17.0. The molecular formula is C15H15Cl2NO3. The molecule has 1 fully saturated rings. The fourth-order valence-electron chi connectivity index (χ4n) is 2.44. The van der Waals surface area contributed by atoms with Crippen molar-refractivity contribution in [3.63, 3.8) is 0 Å². The number of carboxylic acid groups (broad SMARTS) is 1. The zero-order chi connectivity index (χ0) is 15.5. The standard InChI is InChI=1S/C15H15Cl2NO3/c16-11-5-3-10(9-12(11)17)4-6-13(19)18-15(14(20)21)7-1-2-8-15/h3-6,9H,1-2,7-8H2,(H,18,19)(H,20,21). The number of carbonyl (C=O) groups excluding carboxylic acids is 1. The van der Waals surface area contributed by atoms with E-state index in [9.17, 15) is 14.7 Å². The molecule has 1 aliphatic rings. The van der Waals surface area contributed by atoms with Gasteiger partial charge in [0.1, 0.15) is 5.54 Å². The summed E-state index contributed by atoms with van der Waals surface area (Å²) in [6.45, 7) is 0. The van der Waals surface area contributed by atoms with Gasteiger partial charge in [0, 0.05) is 6.08 Å². The van der Waals surface area contributed by atoms with Crippen LogP contribution in [0.3, 0.4) is 0 Å². The molecule has 2 N–H and O–H groups in total. The molecule has 1 aromatic carbocycles. The summed E-state index contributed by atoms with van der Waals surface area (Å²) in [4.78, 5) is 23.3. The van der Waals surface area contributed by atoms with E-state index in [0.717, 1.165) is 18.4 Å². The molecule has 0 aliphatic heterocycles. The number of amides is 1. The average Bonchev–Trinajstić information content (AvgIpc) is 2.90. The highest BCUT2D eigenvalue weighted by Gasteiger charge is 2.42. The number of halogens is 2. The van der Waals surface area contributed by atoms with Crippen molar-refractivity contribution >= 4 is 41.2 Å². The number of hydrogen-bond donors (Lipinski definition) is 2. The van der Waals surface area contributed by atoms with Crippen LogP contribution in [0, 0.1) is 0 Å². The van der Waals surface area contributed by atoms with Crippen molar-refractivity contribution in [2.24, 2.45) is 0 Å². The zero-order valence-electron chi connectivity index (χ0n) is 11.2. The number of aliphatic carboxylic acids is 1. The molecule has 6 heteroatoms. The van der Waals surface area contributed by atoms with Crippen molar-refractivity contribution in [1.82, 2.24) is 5.32 Å². The maximum atomic E-state index is 11.9. The fraction of sp³-hybridized carbons (Fsp3) is 0.333. The summed E-state index contributed by atoms with van der Waals surface area (Å²) in [6, 6.07) is 4.99. The van der Waals surface area contributed by atoms with Crippen LogP contribution >= 0.6 is 23.2 Å². The van der Waals surface area contributed by atoms with Gasteiger partial charge in [-0.15, -0.1) is 0 Å². The van der Waals surface area contributed by atoms with Gasteiger partial charge in [-0.2, -0.15) is 0 Å². The highest BCUT2D eigenvalue weighted by Crippen LogP contribution is 2.30. The number of nitrogens with one attached hydrogen (secondary N) is 1. The van der Waals surface area contributed by atoms with Crippen LogP contribution in [0.2, 0.25) is 10.0 Å². The van der Waals surface area contributed by atoms with Gasteiger partial charge < -0.3 is 10.4 Å². The number of carbonyl (C=O) groups is 2. The van der Waals surface area contributed by atoms with Crippen LogP contribution in [0.5, 0.6) is 0 Å². The summed E-state index contributed by atoms with van der Waals surface area (Å²) in [7, 11) is 0. The Bertz CT molecular complexity index is 593. The van der Waals surface area contributed by atoms with E-state index < -0.39 is 17.4 Å². The van der Waals surface area contributed by atoms with E-state index in [1.807, 2.05) is 0 Å². The summed E-state index contributed by atoms with van der Waals surface area (Å²) >= 11 is 11.7. The molecule has 4 nitrogen and oxygen atoms in total. The van der Waals surface area contributed by atoms with Crippen LogP contribution in [0.4, 0.5) is 0 Å². The number of hydrogen-bond acceptors (Lipinski definition) is 2. The number of benzene rings is 1. The van der Waals surface area contributed by atoms with E-state index in [2.05, 4.69) is 5.32 Å². The Labute approximate surface area is 132 Å². The SMILES string of the molecule is O=C(C=Cc1ccc(Cl)c(Cl)c1)NC1(C(=O)O)CCCC1. The Morgan fingerprint density at radius 3 is 2.43 bits per heavy atom. The van der Waals surface area contributed by atoms with E-state index in [4.69, 9.17) is 23.2 Å². The van der Waals surface area contributed by atoms with Gasteiger partial charge >= 0.3 is 5.97 Å². The molecule has 21 heavy (non-hydrogen) atoms. The van der Waals surface area contributed by atoms with Crippen LogP contribution in [0.15, 0.2) is 24.3 Å². The summed E-state index contributed by atoms with van der Waals surface area (Å²) < 4.78 is 0. The minimum absolute atomic E-state index is 0.400. The maximum Gasteiger partial charge on any atom is 0.329 e. The minimum Gasteiger partial charge on any atom is -0.480 e. The van der Waals surface area contributed by atoms with Crippen molar-refractivity contribution in [2.45, 2.75) is 31.2 Å². The van der Waals surface area contributed by atoms with E-state index in [1.165, 1.54) is 6.08 Å². The Balaban J connectivity index is 2.05. The van der Waals surface area contributed by atoms with Crippen molar-refractivity contribution in [2.75, 3.05) is 0 Å². The predicted octanol–water partition coefficient (Wildman–Crippen LogP) is 3.52. The molecule has 112 valence electrons. The maximum absolute atomic E-state index is 11.9. The summed E-state index contributed by atoms with van der Waals surface area (Å²) in [5.41, 5.74) is -0.408. The van der Waals surface area contributed by atoms with Crippen molar-refractivity contribution < 1.29 is 14.7 Å². The number of rotatable bonds is 4. The first-order chi connectivity index (χ1) is 9.93. The van der Waals surface area contributed by atoms with Crippen LogP contribution < -0.4 is 5.32 Å². The molecule has 1 saturated carbocycles. The Morgan fingerprint density at radius 1 is 1.19 bits per heavy atom. The zero-order valence-corrected chi connectivity index (χ0v) is 12.7. The van der Waals surface area contributed by atoms with Crippen molar-refractivity contribution in [3.8, 4) is 0 Å². The molecule has 1 aliphatic carbocycles. The highest BCUT2D eigenvalue weighted by atomic mass is 35.5. The minimum atomic E-state index is -1.13. The van der Waals surface area contributed by atoms with Gasteiger partial charge in [-0.1, -0.05) is 42.1 Å². The van der Waals surface area contributed by atoms with E-state index in [0.29, 0.717) is 22.9 Å².